The van der Waals surface area contributed by atoms with Crippen molar-refractivity contribution in [1.29, 1.82) is 0 Å². The number of carbonyl (C=O) groups excluding carboxylic acids is 1. The lowest BCUT2D eigenvalue weighted by atomic mass is 10.1. The van der Waals surface area contributed by atoms with Gasteiger partial charge in [-0.25, -0.2) is 4.39 Å². The van der Waals surface area contributed by atoms with E-state index in [1.165, 1.54) is 23.9 Å². The first-order chi connectivity index (χ1) is 7.97. The van der Waals surface area contributed by atoms with Crippen molar-refractivity contribution in [3.8, 4) is 0 Å². The topological polar surface area (TPSA) is 41.5 Å². The summed E-state index contributed by atoms with van der Waals surface area (Å²) in [6.07, 6.45) is 0. The quantitative estimate of drug-likeness (QED) is 0.838. The Morgan fingerprint density at radius 3 is 2.82 bits per heavy atom. The van der Waals surface area contributed by atoms with Gasteiger partial charge in [-0.2, -0.15) is 0 Å². The molecule has 0 aliphatic carbocycles. The molecule has 1 heterocycles. The van der Waals surface area contributed by atoms with Crippen molar-refractivity contribution in [3.05, 3.63) is 30.1 Å². The third-order valence-corrected chi connectivity index (χ3v) is 3.40. The van der Waals surface area contributed by atoms with Gasteiger partial charge in [-0.1, -0.05) is 6.07 Å². The molecule has 1 aromatic carbocycles. The van der Waals surface area contributed by atoms with E-state index in [0.29, 0.717) is 11.6 Å². The average Bonchev–Trinajstić information content (AvgIpc) is 2.50. The van der Waals surface area contributed by atoms with Gasteiger partial charge in [-0.3, -0.25) is 9.79 Å². The molecule has 3 nitrogen and oxygen atoms in total. The van der Waals surface area contributed by atoms with Crippen LogP contribution in [0.2, 0.25) is 0 Å². The van der Waals surface area contributed by atoms with Gasteiger partial charge >= 0.3 is 0 Å². The molecule has 17 heavy (non-hydrogen) atoms. The number of amidine groups is 1. The van der Waals surface area contributed by atoms with Gasteiger partial charge in [0.25, 0.3) is 5.91 Å². The van der Waals surface area contributed by atoms with E-state index >= 15 is 0 Å². The molecule has 0 saturated carbocycles. The summed E-state index contributed by atoms with van der Waals surface area (Å²) in [6.45, 7) is 3.53. The Hall–Kier alpha value is -1.36. The van der Waals surface area contributed by atoms with Crippen LogP contribution in [0.25, 0.3) is 0 Å². The minimum atomic E-state index is -0.683. The van der Waals surface area contributed by atoms with Crippen LogP contribution in [0.15, 0.2) is 34.2 Å². The van der Waals surface area contributed by atoms with Crippen molar-refractivity contribution < 1.29 is 9.18 Å². The summed E-state index contributed by atoms with van der Waals surface area (Å²) in [5.41, 5.74) is -0.683. The van der Waals surface area contributed by atoms with Gasteiger partial charge in [0.15, 0.2) is 0 Å². The molecule has 0 spiro atoms. The smallest absolute Gasteiger partial charge is 0.252 e. The molecule has 90 valence electrons. The number of nitrogens with one attached hydrogen (secondary N) is 1. The van der Waals surface area contributed by atoms with Crippen LogP contribution in [-0.4, -0.2) is 23.0 Å². The van der Waals surface area contributed by atoms with E-state index in [4.69, 9.17) is 0 Å². The first kappa shape index (κ1) is 12.1. The second kappa shape index (κ2) is 4.49. The van der Waals surface area contributed by atoms with E-state index in [2.05, 4.69) is 10.3 Å². The molecule has 0 radical (unpaired) electrons. The van der Waals surface area contributed by atoms with E-state index in [1.54, 1.807) is 19.9 Å². The number of benzene rings is 1. The van der Waals surface area contributed by atoms with E-state index < -0.39 is 5.54 Å². The molecule has 0 aromatic heterocycles. The Labute approximate surface area is 104 Å². The Morgan fingerprint density at radius 1 is 1.47 bits per heavy atom. The second-order valence-electron chi connectivity index (χ2n) is 4.32. The molecular weight excluding hydrogens is 239 g/mol. The molecule has 5 heteroatoms. The largest absolute Gasteiger partial charge is 0.312 e. The molecule has 0 atom stereocenters. The zero-order valence-corrected chi connectivity index (χ0v) is 10.5. The van der Waals surface area contributed by atoms with Crippen molar-refractivity contribution in [3.63, 3.8) is 0 Å². The van der Waals surface area contributed by atoms with Crippen LogP contribution in [0.4, 0.5) is 4.39 Å². The van der Waals surface area contributed by atoms with Crippen LogP contribution in [0.1, 0.15) is 13.8 Å². The summed E-state index contributed by atoms with van der Waals surface area (Å²) >= 11 is 1.45. The predicted octanol–water partition coefficient (Wildman–Crippen LogP) is 2.22. The van der Waals surface area contributed by atoms with Gasteiger partial charge in [0.2, 0.25) is 0 Å². The summed E-state index contributed by atoms with van der Waals surface area (Å²) in [5.74, 6) is 0.841. The summed E-state index contributed by atoms with van der Waals surface area (Å²) in [6, 6.07) is 6.36. The number of thioether (sulfide) groups is 1. The molecule has 0 unspecified atom stereocenters. The van der Waals surface area contributed by atoms with Crippen molar-refractivity contribution in [2.24, 2.45) is 4.99 Å². The highest BCUT2D eigenvalue weighted by Gasteiger charge is 2.33. The van der Waals surface area contributed by atoms with Crippen molar-refractivity contribution in [2.75, 3.05) is 5.75 Å². The predicted molar refractivity (Wildman–Crippen MR) is 66.8 cm³/mol. The number of hydrogen-bond donors (Lipinski definition) is 1. The molecule has 1 amide bonds. The van der Waals surface area contributed by atoms with Crippen LogP contribution in [0.5, 0.6) is 0 Å². The van der Waals surface area contributed by atoms with Crippen molar-refractivity contribution in [1.82, 2.24) is 5.32 Å². The van der Waals surface area contributed by atoms with Gasteiger partial charge in [-0.15, -0.1) is 11.8 Å². The molecule has 1 aliphatic heterocycles. The number of hydrogen-bond acceptors (Lipinski definition) is 3. The third-order valence-electron chi connectivity index (χ3n) is 2.40. The maximum Gasteiger partial charge on any atom is 0.252 e. The Bertz CT molecular complexity index is 485. The summed E-state index contributed by atoms with van der Waals surface area (Å²) in [5, 5.41) is 2.73. The Morgan fingerprint density at radius 2 is 2.24 bits per heavy atom. The minimum absolute atomic E-state index is 0.0904. The highest BCUT2D eigenvalue weighted by Crippen LogP contribution is 2.21. The highest BCUT2D eigenvalue weighted by atomic mass is 32.2. The van der Waals surface area contributed by atoms with E-state index in [9.17, 15) is 9.18 Å². The SMILES string of the molecule is CC1(C)N=C(CSc2cccc(F)c2)NC1=O. The lowest BCUT2D eigenvalue weighted by molar-refractivity contribution is -0.122. The first-order valence-corrected chi connectivity index (χ1v) is 6.24. The minimum Gasteiger partial charge on any atom is -0.312 e. The number of aliphatic imine (C=N–C) groups is 1. The standard InChI is InChI=1S/C12H13FN2OS/c1-12(2)11(16)14-10(15-12)7-17-9-5-3-4-8(13)6-9/h3-6H,7H2,1-2H3,(H,14,15,16). The van der Waals surface area contributed by atoms with Gasteiger partial charge in [-0.05, 0) is 32.0 Å². The van der Waals surface area contributed by atoms with Crippen LogP contribution in [0, 0.1) is 5.82 Å². The van der Waals surface area contributed by atoms with Gasteiger partial charge in [0.05, 0.1) is 5.75 Å². The maximum absolute atomic E-state index is 12.9. The normalized spacial score (nSPS) is 17.8. The Balaban J connectivity index is 1.98. The number of rotatable bonds is 3. The maximum atomic E-state index is 12.9. The third kappa shape index (κ3) is 2.85. The highest BCUT2D eigenvalue weighted by molar-refractivity contribution is 8.00. The monoisotopic (exact) mass is 252 g/mol. The second-order valence-corrected chi connectivity index (χ2v) is 5.37. The zero-order valence-electron chi connectivity index (χ0n) is 9.66. The van der Waals surface area contributed by atoms with Crippen LogP contribution in [-0.2, 0) is 4.79 Å². The molecule has 0 bridgehead atoms. The molecule has 1 N–H and O–H groups in total. The molecule has 2 rings (SSSR count). The van der Waals surface area contributed by atoms with Gasteiger partial charge < -0.3 is 5.32 Å². The van der Waals surface area contributed by atoms with Crippen molar-refractivity contribution in [2.45, 2.75) is 24.3 Å². The van der Waals surface area contributed by atoms with Crippen LogP contribution >= 0.6 is 11.8 Å². The van der Waals surface area contributed by atoms with E-state index in [-0.39, 0.29) is 11.7 Å². The van der Waals surface area contributed by atoms with Crippen LogP contribution < -0.4 is 5.32 Å². The molecular formula is C12H13FN2OS. The number of nitrogens with zero attached hydrogens (tertiary/aromatic N) is 1. The lowest BCUT2D eigenvalue weighted by Crippen LogP contribution is -2.34. The number of amides is 1. The van der Waals surface area contributed by atoms with E-state index in [0.717, 1.165) is 4.90 Å². The summed E-state index contributed by atoms with van der Waals surface area (Å²) < 4.78 is 12.9. The fourth-order valence-electron chi connectivity index (χ4n) is 1.48. The molecule has 0 saturated heterocycles. The summed E-state index contributed by atoms with van der Waals surface area (Å²) in [7, 11) is 0. The lowest BCUT2D eigenvalue weighted by Gasteiger charge is -2.07. The van der Waals surface area contributed by atoms with Crippen LogP contribution in [0.3, 0.4) is 0 Å². The average molecular weight is 252 g/mol. The zero-order chi connectivity index (χ0) is 12.5. The molecule has 1 aliphatic rings. The molecule has 1 aromatic rings. The molecule has 0 fully saturated rings. The number of carbonyl (C=O) groups is 1. The number of halogens is 1. The summed E-state index contributed by atoms with van der Waals surface area (Å²) in [4.78, 5) is 16.6. The Kier molecular flexibility index (Phi) is 3.19. The van der Waals surface area contributed by atoms with Gasteiger partial charge in [0, 0.05) is 4.90 Å². The van der Waals surface area contributed by atoms with Gasteiger partial charge in [0.1, 0.15) is 17.2 Å². The first-order valence-electron chi connectivity index (χ1n) is 5.26. The van der Waals surface area contributed by atoms with Crippen molar-refractivity contribution >= 4 is 23.5 Å². The fraction of sp³-hybridized carbons (Fsp3) is 0.333. The van der Waals surface area contributed by atoms with E-state index in [1.807, 2.05) is 6.07 Å². The fourth-order valence-corrected chi connectivity index (χ4v) is 2.29.